The van der Waals surface area contributed by atoms with Crippen LogP contribution in [0.4, 0.5) is 4.39 Å². The zero-order chi connectivity index (χ0) is 4.99. The molecule has 0 aliphatic rings. The van der Waals surface area contributed by atoms with Gasteiger partial charge in [0, 0.05) is 0 Å². The van der Waals surface area contributed by atoms with Gasteiger partial charge in [-0.1, -0.05) is 13.0 Å². The summed E-state index contributed by atoms with van der Waals surface area (Å²) in [7, 11) is 0. The molecule has 0 aliphatic carbocycles. The molecule has 0 radical (unpaired) electrons. The van der Waals surface area contributed by atoms with Crippen molar-refractivity contribution in [2.75, 3.05) is 0 Å². The summed E-state index contributed by atoms with van der Waals surface area (Å²) in [5.74, 6) is -0.0324. The molecule has 44 valence electrons. The fraction of sp³-hybridized carbons (Fsp3) is 0.600. The summed E-state index contributed by atoms with van der Waals surface area (Å²) < 4.78 is 11.7. The zero-order valence-corrected chi connectivity index (χ0v) is 5.66. The second-order valence-electron chi connectivity index (χ2n) is 1.09. The summed E-state index contributed by atoms with van der Waals surface area (Å²) in [5, 5.41) is 0. The van der Waals surface area contributed by atoms with Crippen molar-refractivity contribution in [3.8, 4) is 0 Å². The Kier molecular flexibility index (Phi) is 8.68. The van der Waals surface area contributed by atoms with E-state index in [4.69, 9.17) is 0 Å². The maximum atomic E-state index is 11.7. The van der Waals surface area contributed by atoms with Crippen molar-refractivity contribution in [2.45, 2.75) is 20.3 Å². The number of allylic oxidation sites excluding steroid dienone is 2. The molecule has 0 atom stereocenters. The van der Waals surface area contributed by atoms with Crippen LogP contribution in [0.1, 0.15) is 20.3 Å². The molecule has 0 fully saturated rings. The van der Waals surface area contributed by atoms with Gasteiger partial charge in [0.15, 0.2) is 0 Å². The summed E-state index contributed by atoms with van der Waals surface area (Å²) in [4.78, 5) is 0. The number of rotatable bonds is 1. The maximum Gasteiger partial charge on any atom is 0.0954 e. The van der Waals surface area contributed by atoms with Gasteiger partial charge in [-0.2, -0.15) is 13.5 Å². The van der Waals surface area contributed by atoms with E-state index in [1.165, 1.54) is 6.08 Å². The highest BCUT2D eigenvalue weighted by atomic mass is 32.1. The molecule has 0 saturated carbocycles. The highest BCUT2D eigenvalue weighted by molar-refractivity contribution is 7.59. The molecular weight excluding hydrogens is 111 g/mol. The standard InChI is InChI=1S/C5H9F.H2S/c1-3-5(6)4-2;/h3H,4H2,1-2H3;1H2. The van der Waals surface area contributed by atoms with Crippen LogP contribution in [-0.4, -0.2) is 0 Å². The summed E-state index contributed by atoms with van der Waals surface area (Å²) >= 11 is 0. The lowest BCUT2D eigenvalue weighted by Crippen LogP contribution is -1.61. The first-order valence-corrected chi connectivity index (χ1v) is 2.12. The Hall–Kier alpha value is 0.0200. The van der Waals surface area contributed by atoms with Crippen LogP contribution in [0.25, 0.3) is 0 Å². The zero-order valence-electron chi connectivity index (χ0n) is 4.66. The molecule has 0 amide bonds. The number of hydrogen-bond acceptors (Lipinski definition) is 0. The summed E-state index contributed by atoms with van der Waals surface area (Å²) in [5.41, 5.74) is 0. The van der Waals surface area contributed by atoms with Crippen molar-refractivity contribution in [3.63, 3.8) is 0 Å². The van der Waals surface area contributed by atoms with Gasteiger partial charge >= 0.3 is 0 Å². The monoisotopic (exact) mass is 122 g/mol. The van der Waals surface area contributed by atoms with Gasteiger partial charge in [-0.3, -0.25) is 0 Å². The largest absolute Gasteiger partial charge is 0.212 e. The normalized spacial score (nSPS) is 10.4. The third kappa shape index (κ3) is 6.02. The van der Waals surface area contributed by atoms with E-state index >= 15 is 0 Å². The minimum Gasteiger partial charge on any atom is -0.212 e. The second-order valence-corrected chi connectivity index (χ2v) is 1.09. The smallest absolute Gasteiger partial charge is 0.0954 e. The second kappa shape index (κ2) is 6.02. The molecule has 0 unspecified atom stereocenters. The van der Waals surface area contributed by atoms with E-state index in [-0.39, 0.29) is 19.3 Å². The molecule has 0 aliphatic heterocycles. The molecule has 0 rings (SSSR count). The Labute approximate surface area is 50.9 Å². The molecule has 0 nitrogen and oxygen atoms in total. The average molecular weight is 122 g/mol. The summed E-state index contributed by atoms with van der Waals surface area (Å²) in [6, 6.07) is 0. The first kappa shape index (κ1) is 10.1. The highest BCUT2D eigenvalue weighted by Crippen LogP contribution is 1.98. The lowest BCUT2D eigenvalue weighted by molar-refractivity contribution is 0.602. The maximum absolute atomic E-state index is 11.7. The lowest BCUT2D eigenvalue weighted by Gasteiger charge is -1.79. The molecular formula is C5H11FS. The van der Waals surface area contributed by atoms with Gasteiger partial charge in [-0.15, -0.1) is 0 Å². The van der Waals surface area contributed by atoms with E-state index in [2.05, 4.69) is 0 Å². The quantitative estimate of drug-likeness (QED) is 0.501. The van der Waals surface area contributed by atoms with Crippen molar-refractivity contribution in [1.29, 1.82) is 0 Å². The van der Waals surface area contributed by atoms with Crippen LogP contribution in [0.15, 0.2) is 11.9 Å². The Bertz CT molecular complexity index is 59.1. The summed E-state index contributed by atoms with van der Waals surface area (Å²) in [6.07, 6.45) is 2.00. The van der Waals surface area contributed by atoms with Crippen molar-refractivity contribution in [2.24, 2.45) is 0 Å². The van der Waals surface area contributed by atoms with Crippen molar-refractivity contribution < 1.29 is 4.39 Å². The molecule has 0 N–H and O–H groups in total. The third-order valence-electron chi connectivity index (χ3n) is 0.651. The molecule has 2 heteroatoms. The van der Waals surface area contributed by atoms with Crippen LogP contribution in [0.3, 0.4) is 0 Å². The first-order chi connectivity index (χ1) is 2.81. The molecule has 0 aromatic heterocycles. The van der Waals surface area contributed by atoms with Crippen LogP contribution < -0.4 is 0 Å². The lowest BCUT2D eigenvalue weighted by atomic mass is 10.4. The molecule has 0 aromatic carbocycles. The van der Waals surface area contributed by atoms with Crippen molar-refractivity contribution in [3.05, 3.63) is 11.9 Å². The third-order valence-corrected chi connectivity index (χ3v) is 0.651. The van der Waals surface area contributed by atoms with Crippen LogP contribution in [0.2, 0.25) is 0 Å². The fourth-order valence-electron chi connectivity index (χ4n) is 0.204. The average Bonchev–Trinajstić information content (AvgIpc) is 1.65. The molecule has 0 aromatic rings. The van der Waals surface area contributed by atoms with Gasteiger partial charge < -0.3 is 0 Å². The molecule has 7 heavy (non-hydrogen) atoms. The molecule has 0 heterocycles. The fourth-order valence-corrected chi connectivity index (χ4v) is 0.204. The van der Waals surface area contributed by atoms with Gasteiger partial charge in [0.1, 0.15) is 0 Å². The number of hydrogen-bond donors (Lipinski definition) is 0. The highest BCUT2D eigenvalue weighted by Gasteiger charge is 1.79. The van der Waals surface area contributed by atoms with Crippen LogP contribution in [-0.2, 0) is 0 Å². The molecule has 0 bridgehead atoms. The predicted octanol–water partition coefficient (Wildman–Crippen LogP) is 2.38. The SMILES string of the molecule is CC=C(F)CC.S. The van der Waals surface area contributed by atoms with Crippen LogP contribution in [0, 0.1) is 0 Å². The van der Waals surface area contributed by atoms with Gasteiger partial charge in [0.25, 0.3) is 0 Å². The minimum atomic E-state index is -0.0324. The predicted molar refractivity (Wildman–Crippen MR) is 35.5 cm³/mol. The van der Waals surface area contributed by atoms with Crippen molar-refractivity contribution in [1.82, 2.24) is 0 Å². The van der Waals surface area contributed by atoms with Crippen LogP contribution in [0.5, 0.6) is 0 Å². The van der Waals surface area contributed by atoms with E-state index in [1.807, 2.05) is 0 Å². The van der Waals surface area contributed by atoms with E-state index < -0.39 is 0 Å². The number of halogens is 1. The minimum absolute atomic E-state index is 0. The van der Waals surface area contributed by atoms with Gasteiger partial charge in [0.2, 0.25) is 0 Å². The Balaban J connectivity index is 0. The molecule has 0 saturated heterocycles. The Morgan fingerprint density at radius 3 is 2.14 bits per heavy atom. The van der Waals surface area contributed by atoms with Crippen LogP contribution >= 0.6 is 13.5 Å². The Morgan fingerprint density at radius 1 is 1.71 bits per heavy atom. The first-order valence-electron chi connectivity index (χ1n) is 2.12. The van der Waals surface area contributed by atoms with E-state index in [9.17, 15) is 4.39 Å². The molecule has 0 spiro atoms. The van der Waals surface area contributed by atoms with Gasteiger partial charge in [0.05, 0.1) is 5.83 Å². The topological polar surface area (TPSA) is 0 Å². The van der Waals surface area contributed by atoms with Crippen molar-refractivity contribution >= 4 is 13.5 Å². The van der Waals surface area contributed by atoms with E-state index in [0.29, 0.717) is 6.42 Å². The van der Waals surface area contributed by atoms with E-state index in [1.54, 1.807) is 13.8 Å². The Morgan fingerprint density at radius 2 is 2.14 bits per heavy atom. The van der Waals surface area contributed by atoms with E-state index in [0.717, 1.165) is 0 Å². The van der Waals surface area contributed by atoms with Gasteiger partial charge in [-0.25, -0.2) is 4.39 Å². The summed E-state index contributed by atoms with van der Waals surface area (Å²) in [6.45, 7) is 3.48. The van der Waals surface area contributed by atoms with Gasteiger partial charge in [-0.05, 0) is 13.3 Å².